The Morgan fingerprint density at radius 2 is 2.26 bits per heavy atom. The summed E-state index contributed by atoms with van der Waals surface area (Å²) < 4.78 is 19.1. The molecule has 5 nitrogen and oxygen atoms in total. The number of aliphatic hydroxyl groups is 1. The van der Waals surface area contributed by atoms with Gasteiger partial charge in [0, 0.05) is 6.54 Å². The van der Waals surface area contributed by atoms with Crippen molar-refractivity contribution >= 4 is 6.03 Å². The Labute approximate surface area is 136 Å². The Morgan fingerprint density at radius 3 is 2.91 bits per heavy atom. The number of ether oxygens (including phenoxy) is 1. The monoisotopic (exact) mass is 324 g/mol. The van der Waals surface area contributed by atoms with E-state index in [0.29, 0.717) is 31.7 Å². The fourth-order valence-electron chi connectivity index (χ4n) is 2.74. The van der Waals surface area contributed by atoms with Crippen LogP contribution in [-0.4, -0.2) is 47.9 Å². The molecule has 1 saturated heterocycles. The predicted octanol–water partition coefficient (Wildman–Crippen LogP) is 2.38. The minimum Gasteiger partial charge on any atom is -0.393 e. The highest BCUT2D eigenvalue weighted by Gasteiger charge is 2.29. The summed E-state index contributed by atoms with van der Waals surface area (Å²) in [6.45, 7) is 6.62. The first-order valence-corrected chi connectivity index (χ1v) is 7.97. The fraction of sp³-hybridized carbons (Fsp3) is 0.588. The van der Waals surface area contributed by atoms with Gasteiger partial charge in [-0.05, 0) is 44.4 Å². The third kappa shape index (κ3) is 4.65. The van der Waals surface area contributed by atoms with E-state index in [1.54, 1.807) is 24.8 Å². The van der Waals surface area contributed by atoms with E-state index in [1.807, 2.05) is 13.0 Å². The van der Waals surface area contributed by atoms with Gasteiger partial charge in [0.2, 0.25) is 0 Å². The summed E-state index contributed by atoms with van der Waals surface area (Å²) in [7, 11) is 0. The number of morpholine rings is 1. The van der Waals surface area contributed by atoms with Gasteiger partial charge in [-0.3, -0.25) is 0 Å². The number of nitrogens with zero attached hydrogens (tertiary/aromatic N) is 1. The number of nitrogens with one attached hydrogen (secondary N) is 1. The van der Waals surface area contributed by atoms with Crippen LogP contribution in [0.15, 0.2) is 18.2 Å². The first-order chi connectivity index (χ1) is 10.9. The lowest BCUT2D eigenvalue weighted by Gasteiger charge is -2.37. The zero-order valence-corrected chi connectivity index (χ0v) is 13.9. The molecule has 0 saturated carbocycles. The van der Waals surface area contributed by atoms with E-state index in [2.05, 4.69) is 5.32 Å². The van der Waals surface area contributed by atoms with Gasteiger partial charge in [-0.25, -0.2) is 9.18 Å². The van der Waals surface area contributed by atoms with Crippen molar-refractivity contribution in [1.82, 2.24) is 10.2 Å². The van der Waals surface area contributed by atoms with Crippen LogP contribution in [0.2, 0.25) is 0 Å². The van der Waals surface area contributed by atoms with Crippen molar-refractivity contribution in [3.05, 3.63) is 35.1 Å². The van der Waals surface area contributed by atoms with Crippen molar-refractivity contribution in [2.24, 2.45) is 0 Å². The highest BCUT2D eigenvalue weighted by Crippen LogP contribution is 2.18. The number of urea groups is 1. The molecule has 0 bridgehead atoms. The Hall–Kier alpha value is -1.66. The summed E-state index contributed by atoms with van der Waals surface area (Å²) in [5.41, 5.74) is 1.30. The van der Waals surface area contributed by atoms with Crippen LogP contribution in [0.4, 0.5) is 9.18 Å². The number of carbonyl (C=O) groups is 1. The van der Waals surface area contributed by atoms with Crippen LogP contribution in [0, 0.1) is 12.7 Å². The number of carbonyl (C=O) groups excluding carboxylic acids is 1. The Morgan fingerprint density at radius 1 is 1.52 bits per heavy atom. The Bertz CT molecular complexity index is 551. The quantitative estimate of drug-likeness (QED) is 0.894. The average molecular weight is 324 g/mol. The molecule has 2 amide bonds. The molecule has 1 aliphatic rings. The molecule has 1 aromatic carbocycles. The number of hydrogen-bond donors (Lipinski definition) is 2. The van der Waals surface area contributed by atoms with E-state index < -0.39 is 6.10 Å². The lowest BCUT2D eigenvalue weighted by molar-refractivity contribution is -0.00474. The number of benzene rings is 1. The summed E-state index contributed by atoms with van der Waals surface area (Å²) in [4.78, 5) is 14.2. The lowest BCUT2D eigenvalue weighted by Crippen LogP contribution is -2.53. The van der Waals surface area contributed by atoms with Crippen LogP contribution < -0.4 is 5.32 Å². The number of rotatable bonds is 4. The summed E-state index contributed by atoms with van der Waals surface area (Å²) in [6.07, 6.45) is -0.0263. The van der Waals surface area contributed by atoms with Crippen LogP contribution in [0.5, 0.6) is 0 Å². The van der Waals surface area contributed by atoms with E-state index in [9.17, 15) is 14.3 Å². The molecule has 6 heteroatoms. The van der Waals surface area contributed by atoms with Gasteiger partial charge in [-0.15, -0.1) is 0 Å². The van der Waals surface area contributed by atoms with Crippen LogP contribution in [0.3, 0.4) is 0 Å². The number of aliphatic hydroxyl groups excluding tert-OH is 1. The molecule has 0 radical (unpaired) electrons. The molecule has 23 heavy (non-hydrogen) atoms. The number of hydrogen-bond acceptors (Lipinski definition) is 3. The maximum Gasteiger partial charge on any atom is 0.318 e. The number of amides is 2. The second-order valence-corrected chi connectivity index (χ2v) is 6.19. The van der Waals surface area contributed by atoms with Crippen molar-refractivity contribution in [3.63, 3.8) is 0 Å². The number of aryl methyl sites for hydroxylation is 1. The third-order valence-corrected chi connectivity index (χ3v) is 4.14. The molecule has 1 aliphatic heterocycles. The molecule has 1 aromatic rings. The first-order valence-electron chi connectivity index (χ1n) is 7.97. The topological polar surface area (TPSA) is 61.8 Å². The van der Waals surface area contributed by atoms with E-state index in [-0.39, 0.29) is 23.9 Å². The van der Waals surface area contributed by atoms with E-state index in [0.717, 1.165) is 5.56 Å². The van der Waals surface area contributed by atoms with Gasteiger partial charge in [0.05, 0.1) is 31.4 Å². The molecule has 128 valence electrons. The second kappa shape index (κ2) is 7.75. The molecule has 2 rings (SSSR count). The molecule has 0 unspecified atom stereocenters. The molecule has 0 aliphatic carbocycles. The second-order valence-electron chi connectivity index (χ2n) is 6.19. The molecule has 0 spiro atoms. The highest BCUT2D eigenvalue weighted by atomic mass is 19.1. The minimum atomic E-state index is -0.499. The molecule has 1 fully saturated rings. The number of halogens is 1. The molecule has 2 N–H and O–H groups in total. The van der Waals surface area contributed by atoms with Crippen LogP contribution >= 0.6 is 0 Å². The van der Waals surface area contributed by atoms with Crippen LogP contribution in [-0.2, 0) is 4.74 Å². The molecule has 0 aromatic heterocycles. The van der Waals surface area contributed by atoms with Crippen molar-refractivity contribution < 1.29 is 19.0 Å². The standard InChI is InChI=1S/C17H25FN2O3/c1-11-4-5-14(9-16(11)18)13(3)19-17(22)20-6-7-23-10-15(20)8-12(2)21/h4-5,9,12-13,15,21H,6-8,10H2,1-3H3,(H,19,22)/t12-,13-,15+/m0/s1. The van der Waals surface area contributed by atoms with Crippen molar-refractivity contribution in [2.75, 3.05) is 19.8 Å². The smallest absolute Gasteiger partial charge is 0.318 e. The zero-order valence-electron chi connectivity index (χ0n) is 13.9. The van der Waals surface area contributed by atoms with E-state index in [1.165, 1.54) is 6.07 Å². The van der Waals surface area contributed by atoms with Gasteiger partial charge in [0.15, 0.2) is 0 Å². The van der Waals surface area contributed by atoms with Gasteiger partial charge in [-0.1, -0.05) is 12.1 Å². The van der Waals surface area contributed by atoms with Crippen LogP contribution in [0.1, 0.15) is 37.4 Å². The van der Waals surface area contributed by atoms with Gasteiger partial charge in [-0.2, -0.15) is 0 Å². The molecule has 1 heterocycles. The maximum atomic E-state index is 13.7. The van der Waals surface area contributed by atoms with Crippen LogP contribution in [0.25, 0.3) is 0 Å². The maximum absolute atomic E-state index is 13.7. The minimum absolute atomic E-state index is 0.147. The molecule has 3 atom stereocenters. The predicted molar refractivity (Wildman–Crippen MR) is 85.7 cm³/mol. The zero-order chi connectivity index (χ0) is 17.0. The normalized spacial score (nSPS) is 20.9. The highest BCUT2D eigenvalue weighted by molar-refractivity contribution is 5.75. The summed E-state index contributed by atoms with van der Waals surface area (Å²) in [5.74, 6) is -0.276. The van der Waals surface area contributed by atoms with Gasteiger partial charge >= 0.3 is 6.03 Å². The van der Waals surface area contributed by atoms with Gasteiger partial charge < -0.3 is 20.1 Å². The molecular weight excluding hydrogens is 299 g/mol. The molecular formula is C17H25FN2O3. The largest absolute Gasteiger partial charge is 0.393 e. The average Bonchev–Trinajstić information content (AvgIpc) is 2.49. The van der Waals surface area contributed by atoms with Gasteiger partial charge in [0.25, 0.3) is 0 Å². The van der Waals surface area contributed by atoms with Gasteiger partial charge in [0.1, 0.15) is 5.82 Å². The Kier molecular flexibility index (Phi) is 5.96. The van der Waals surface area contributed by atoms with E-state index in [4.69, 9.17) is 4.74 Å². The van der Waals surface area contributed by atoms with E-state index >= 15 is 0 Å². The fourth-order valence-corrected chi connectivity index (χ4v) is 2.74. The summed E-state index contributed by atoms with van der Waals surface area (Å²) in [5, 5.41) is 12.5. The first kappa shape index (κ1) is 17.7. The summed E-state index contributed by atoms with van der Waals surface area (Å²) >= 11 is 0. The lowest BCUT2D eigenvalue weighted by atomic mass is 10.1. The van der Waals surface area contributed by atoms with Crippen molar-refractivity contribution in [3.8, 4) is 0 Å². The Balaban J connectivity index is 2.02. The van der Waals surface area contributed by atoms with Crippen molar-refractivity contribution in [1.29, 1.82) is 0 Å². The summed E-state index contributed by atoms with van der Waals surface area (Å²) in [6, 6.07) is 4.31. The van der Waals surface area contributed by atoms with Crippen molar-refractivity contribution in [2.45, 2.75) is 45.4 Å². The third-order valence-electron chi connectivity index (χ3n) is 4.14. The SMILES string of the molecule is Cc1ccc([C@H](C)NC(=O)N2CCOC[C@H]2C[C@H](C)O)cc1F.